The number of thiazole rings is 1. The summed E-state index contributed by atoms with van der Waals surface area (Å²) in [7, 11) is 4.39. The third kappa shape index (κ3) is 3.07. The highest BCUT2D eigenvalue weighted by molar-refractivity contribution is 7.15. The van der Waals surface area contributed by atoms with Gasteiger partial charge in [-0.1, -0.05) is 6.92 Å². The summed E-state index contributed by atoms with van der Waals surface area (Å²) in [6, 6.07) is 0. The van der Waals surface area contributed by atoms with Crippen LogP contribution < -0.4 is 10.2 Å². The number of hydrogen-bond donors (Lipinski definition) is 1. The topological polar surface area (TPSA) is 35.8 Å². The molecule has 1 unspecified atom stereocenters. The van der Waals surface area contributed by atoms with Crippen LogP contribution in [0.1, 0.15) is 19.0 Å². The highest BCUT2D eigenvalue weighted by Gasteiger charge is 2.23. The number of nitrogens with zero attached hydrogens (tertiary/aromatic N) is 4. The Kier molecular flexibility index (Phi) is 4.47. The Morgan fingerprint density at radius 2 is 2.38 bits per heavy atom. The highest BCUT2D eigenvalue weighted by atomic mass is 32.1. The van der Waals surface area contributed by atoms with Gasteiger partial charge in [-0.05, 0) is 32.5 Å². The van der Waals surface area contributed by atoms with E-state index < -0.39 is 0 Å². The van der Waals surface area contributed by atoms with Gasteiger partial charge in [0, 0.05) is 38.3 Å². The van der Waals surface area contributed by atoms with Crippen LogP contribution in [0.25, 0.3) is 4.96 Å². The zero-order chi connectivity index (χ0) is 14.8. The third-order valence-electron chi connectivity index (χ3n) is 4.26. The van der Waals surface area contributed by atoms with E-state index >= 15 is 0 Å². The minimum atomic E-state index is 0.756. The van der Waals surface area contributed by atoms with Crippen LogP contribution in [0.4, 0.5) is 5.82 Å². The molecule has 0 amide bonds. The van der Waals surface area contributed by atoms with Crippen LogP contribution in [0.5, 0.6) is 0 Å². The monoisotopic (exact) mass is 307 g/mol. The summed E-state index contributed by atoms with van der Waals surface area (Å²) in [5, 5.41) is 5.54. The van der Waals surface area contributed by atoms with Gasteiger partial charge < -0.3 is 15.1 Å². The summed E-state index contributed by atoms with van der Waals surface area (Å²) < 4.78 is 2.22. The van der Waals surface area contributed by atoms with Gasteiger partial charge in [0.25, 0.3) is 0 Å². The van der Waals surface area contributed by atoms with Crippen molar-refractivity contribution in [2.45, 2.75) is 19.9 Å². The van der Waals surface area contributed by atoms with Crippen molar-refractivity contribution < 1.29 is 0 Å². The van der Waals surface area contributed by atoms with E-state index in [2.05, 4.69) is 52.1 Å². The largest absolute Gasteiger partial charge is 0.358 e. The van der Waals surface area contributed by atoms with Crippen LogP contribution in [0.15, 0.2) is 11.6 Å². The molecule has 0 aliphatic carbocycles. The van der Waals surface area contributed by atoms with Crippen molar-refractivity contribution in [3.63, 3.8) is 0 Å². The molecule has 2 aromatic heterocycles. The van der Waals surface area contributed by atoms with Gasteiger partial charge in [-0.25, -0.2) is 4.98 Å². The van der Waals surface area contributed by atoms with E-state index in [-0.39, 0.29) is 0 Å². The fourth-order valence-electron chi connectivity index (χ4n) is 3.18. The van der Waals surface area contributed by atoms with Crippen molar-refractivity contribution in [1.29, 1.82) is 0 Å². The molecule has 1 aliphatic heterocycles. The molecule has 3 rings (SSSR count). The second-order valence-corrected chi connectivity index (χ2v) is 6.89. The molecule has 0 radical (unpaired) electrons. The fraction of sp³-hybridized carbons (Fsp3) is 0.667. The fourth-order valence-corrected chi connectivity index (χ4v) is 3.91. The maximum atomic E-state index is 4.84. The number of fused-ring (bicyclic) bond motifs is 1. The van der Waals surface area contributed by atoms with Crippen molar-refractivity contribution >= 4 is 22.1 Å². The van der Waals surface area contributed by atoms with Crippen molar-refractivity contribution in [3.05, 3.63) is 17.3 Å². The van der Waals surface area contributed by atoms with Crippen LogP contribution in [0, 0.1) is 5.92 Å². The van der Waals surface area contributed by atoms with Crippen molar-refractivity contribution in [3.8, 4) is 0 Å². The van der Waals surface area contributed by atoms with Gasteiger partial charge in [0.15, 0.2) is 10.8 Å². The molecule has 0 bridgehead atoms. The average Bonchev–Trinajstić information content (AvgIpc) is 3.12. The van der Waals surface area contributed by atoms with Gasteiger partial charge in [-0.15, -0.1) is 11.3 Å². The maximum absolute atomic E-state index is 4.84. The molecule has 1 fully saturated rings. The second kappa shape index (κ2) is 6.34. The summed E-state index contributed by atoms with van der Waals surface area (Å²) in [5.41, 5.74) is 1.28. The van der Waals surface area contributed by atoms with E-state index in [1.165, 1.54) is 25.2 Å². The summed E-state index contributed by atoms with van der Waals surface area (Å²) in [5.74, 6) is 1.89. The Morgan fingerprint density at radius 1 is 1.52 bits per heavy atom. The predicted octanol–water partition coefficient (Wildman–Crippen LogP) is 1.89. The van der Waals surface area contributed by atoms with Gasteiger partial charge >= 0.3 is 0 Å². The first-order chi connectivity index (χ1) is 10.2. The Hall–Kier alpha value is -1.11. The summed E-state index contributed by atoms with van der Waals surface area (Å²) >= 11 is 1.71. The van der Waals surface area contributed by atoms with Crippen molar-refractivity contribution in [1.82, 2.24) is 19.6 Å². The van der Waals surface area contributed by atoms with Gasteiger partial charge in [-0.2, -0.15) is 0 Å². The first kappa shape index (κ1) is 14.8. The second-order valence-electron chi connectivity index (χ2n) is 6.02. The summed E-state index contributed by atoms with van der Waals surface area (Å²) in [6.07, 6.45) is 3.42. The van der Waals surface area contributed by atoms with Crippen LogP contribution >= 0.6 is 11.3 Å². The lowest BCUT2D eigenvalue weighted by molar-refractivity contribution is 0.395. The van der Waals surface area contributed by atoms with Gasteiger partial charge in [-0.3, -0.25) is 4.40 Å². The van der Waals surface area contributed by atoms with E-state index in [0.717, 1.165) is 36.3 Å². The van der Waals surface area contributed by atoms with Crippen molar-refractivity contribution in [2.24, 2.45) is 5.92 Å². The molecule has 0 aromatic carbocycles. The Balaban J connectivity index is 1.79. The van der Waals surface area contributed by atoms with E-state index in [1.54, 1.807) is 11.3 Å². The quantitative estimate of drug-likeness (QED) is 0.884. The molecule has 0 saturated carbocycles. The summed E-state index contributed by atoms with van der Waals surface area (Å²) in [6.45, 7) is 7.51. The van der Waals surface area contributed by atoms with Gasteiger partial charge in [0.05, 0.1) is 5.69 Å². The molecule has 1 atom stereocenters. The van der Waals surface area contributed by atoms with Crippen LogP contribution in [-0.2, 0) is 6.54 Å². The molecule has 5 nitrogen and oxygen atoms in total. The molecule has 1 aliphatic rings. The zero-order valence-electron chi connectivity index (χ0n) is 13.2. The molecule has 6 heteroatoms. The Morgan fingerprint density at radius 3 is 3.10 bits per heavy atom. The molecular weight excluding hydrogens is 282 g/mol. The number of rotatable bonds is 6. The molecular formula is C15H25N5S. The number of hydrogen-bond acceptors (Lipinski definition) is 5. The zero-order valence-corrected chi connectivity index (χ0v) is 14.0. The van der Waals surface area contributed by atoms with E-state index in [1.807, 2.05) is 0 Å². The minimum absolute atomic E-state index is 0.756. The normalized spacial score (nSPS) is 19.7. The third-order valence-corrected chi connectivity index (χ3v) is 5.02. The lowest BCUT2D eigenvalue weighted by atomic mass is 10.1. The van der Waals surface area contributed by atoms with Crippen LogP contribution in [0.3, 0.4) is 0 Å². The smallest absolute Gasteiger partial charge is 0.195 e. The molecule has 0 spiro atoms. The van der Waals surface area contributed by atoms with Gasteiger partial charge in [0.2, 0.25) is 0 Å². The Labute approximate surface area is 130 Å². The van der Waals surface area contributed by atoms with Crippen molar-refractivity contribution in [2.75, 3.05) is 45.2 Å². The molecule has 2 aromatic rings. The SMILES string of the molecule is CCNCc1c(N(C)CC2CCN(C)C2)nc2sccn12. The number of imidazole rings is 1. The number of likely N-dealkylation sites (tertiary alicyclic amines) is 1. The maximum Gasteiger partial charge on any atom is 0.195 e. The molecule has 21 heavy (non-hydrogen) atoms. The Bertz CT molecular complexity index is 590. The molecule has 1 N–H and O–H groups in total. The summed E-state index contributed by atoms with van der Waals surface area (Å²) in [4.78, 5) is 10.7. The highest BCUT2D eigenvalue weighted by Crippen LogP contribution is 2.26. The number of anilines is 1. The predicted molar refractivity (Wildman–Crippen MR) is 89.3 cm³/mol. The lowest BCUT2D eigenvalue weighted by Crippen LogP contribution is -2.29. The van der Waals surface area contributed by atoms with E-state index in [9.17, 15) is 0 Å². The molecule has 3 heterocycles. The number of aromatic nitrogens is 2. The van der Waals surface area contributed by atoms with Crippen LogP contribution in [-0.4, -0.2) is 54.6 Å². The van der Waals surface area contributed by atoms with E-state index in [0.29, 0.717) is 0 Å². The first-order valence-corrected chi connectivity index (χ1v) is 8.61. The number of nitrogens with one attached hydrogen (secondary N) is 1. The van der Waals surface area contributed by atoms with Crippen LogP contribution in [0.2, 0.25) is 0 Å². The minimum Gasteiger partial charge on any atom is -0.358 e. The standard InChI is InChI=1S/C15H25N5S/c1-4-16-9-13-14(17-15-20(13)7-8-21-15)19(3)11-12-5-6-18(2)10-12/h7-8,12,16H,4-6,9-11H2,1-3H3. The lowest BCUT2D eigenvalue weighted by Gasteiger charge is -2.22. The molecule has 116 valence electrons. The van der Waals surface area contributed by atoms with E-state index in [4.69, 9.17) is 4.98 Å². The van der Waals surface area contributed by atoms with Gasteiger partial charge in [0.1, 0.15) is 0 Å². The molecule has 1 saturated heterocycles. The first-order valence-electron chi connectivity index (χ1n) is 7.74. The average molecular weight is 307 g/mol.